The van der Waals surface area contributed by atoms with E-state index in [0.717, 1.165) is 16.4 Å². The Bertz CT molecular complexity index is 1230. The third kappa shape index (κ3) is 4.62. The lowest BCUT2D eigenvalue weighted by Crippen LogP contribution is -2.31. The molecule has 3 aromatic rings. The standard InChI is InChI=1S/C28H27O4P/c1-16-10-7-13-24(17(16)2)33(25-14-8-11-22(18(3)29)27(25)20(5)31)26-15-9-12-23(19(4)30)28(26)21(6)32/h7-15H,1-6H3. The first kappa shape index (κ1) is 24.4. The van der Waals surface area contributed by atoms with E-state index in [1.807, 2.05) is 44.2 Å². The van der Waals surface area contributed by atoms with Crippen molar-refractivity contribution in [3.8, 4) is 0 Å². The highest BCUT2D eigenvalue weighted by Crippen LogP contribution is 2.39. The Hall–Kier alpha value is -3.23. The number of aryl methyl sites for hydroxylation is 1. The minimum absolute atomic E-state index is 0.192. The fourth-order valence-corrected chi connectivity index (χ4v) is 7.15. The van der Waals surface area contributed by atoms with Crippen molar-refractivity contribution in [3.05, 3.63) is 88.0 Å². The summed E-state index contributed by atoms with van der Waals surface area (Å²) in [4.78, 5) is 50.5. The molecule has 0 spiro atoms. The normalized spacial score (nSPS) is 10.9. The molecule has 0 aliphatic carbocycles. The van der Waals surface area contributed by atoms with E-state index < -0.39 is 7.92 Å². The van der Waals surface area contributed by atoms with Gasteiger partial charge < -0.3 is 0 Å². The van der Waals surface area contributed by atoms with Crippen molar-refractivity contribution in [3.63, 3.8) is 0 Å². The molecule has 0 aliphatic heterocycles. The summed E-state index contributed by atoms with van der Waals surface area (Å²) in [6, 6.07) is 16.6. The molecule has 0 bridgehead atoms. The highest BCUT2D eigenvalue weighted by Gasteiger charge is 2.29. The van der Waals surface area contributed by atoms with Crippen molar-refractivity contribution >= 4 is 47.0 Å². The van der Waals surface area contributed by atoms with E-state index in [1.54, 1.807) is 24.3 Å². The fraction of sp³-hybridized carbons (Fsp3) is 0.214. The molecule has 0 N–H and O–H groups in total. The van der Waals surface area contributed by atoms with Crippen LogP contribution in [0.4, 0.5) is 0 Å². The molecule has 0 aromatic heterocycles. The van der Waals surface area contributed by atoms with Gasteiger partial charge in [-0.25, -0.2) is 0 Å². The van der Waals surface area contributed by atoms with Crippen molar-refractivity contribution in [1.82, 2.24) is 0 Å². The molecule has 0 unspecified atom stereocenters. The smallest absolute Gasteiger partial charge is 0.161 e. The first-order valence-corrected chi connectivity index (χ1v) is 12.1. The number of carbonyl (C=O) groups is 4. The molecule has 0 atom stereocenters. The molecule has 0 aliphatic rings. The van der Waals surface area contributed by atoms with E-state index in [4.69, 9.17) is 0 Å². The maximum absolute atomic E-state index is 12.8. The number of hydrogen-bond acceptors (Lipinski definition) is 4. The van der Waals surface area contributed by atoms with Crippen LogP contribution < -0.4 is 15.9 Å². The van der Waals surface area contributed by atoms with Crippen LogP contribution in [-0.4, -0.2) is 23.1 Å². The molecule has 0 amide bonds. The third-order valence-corrected chi connectivity index (χ3v) is 8.52. The molecule has 4 nitrogen and oxygen atoms in total. The zero-order chi connectivity index (χ0) is 24.4. The summed E-state index contributed by atoms with van der Waals surface area (Å²) < 4.78 is 0. The molecule has 0 radical (unpaired) electrons. The number of hydrogen-bond donors (Lipinski definition) is 0. The molecule has 33 heavy (non-hydrogen) atoms. The van der Waals surface area contributed by atoms with Crippen LogP contribution in [0.2, 0.25) is 0 Å². The zero-order valence-corrected chi connectivity index (χ0v) is 20.7. The molecule has 0 saturated carbocycles. The Morgan fingerprint density at radius 1 is 0.545 bits per heavy atom. The molecule has 5 heteroatoms. The predicted octanol–water partition coefficient (Wildman–Crippen LogP) is 4.87. The van der Waals surface area contributed by atoms with E-state index in [2.05, 4.69) is 0 Å². The van der Waals surface area contributed by atoms with Gasteiger partial charge in [0.1, 0.15) is 0 Å². The maximum atomic E-state index is 12.8. The molecule has 168 valence electrons. The summed E-state index contributed by atoms with van der Waals surface area (Å²) in [6.45, 7) is 9.85. The van der Waals surface area contributed by atoms with Gasteiger partial charge in [-0.1, -0.05) is 54.6 Å². The van der Waals surface area contributed by atoms with Gasteiger partial charge in [-0.15, -0.1) is 0 Å². The van der Waals surface area contributed by atoms with Gasteiger partial charge in [0, 0.05) is 22.3 Å². The summed E-state index contributed by atoms with van der Waals surface area (Å²) in [5.74, 6) is -0.800. The summed E-state index contributed by atoms with van der Waals surface area (Å²) in [5.41, 5.74) is 3.61. The Morgan fingerprint density at radius 3 is 1.33 bits per heavy atom. The predicted molar refractivity (Wildman–Crippen MR) is 135 cm³/mol. The van der Waals surface area contributed by atoms with Gasteiger partial charge in [0.25, 0.3) is 0 Å². The maximum Gasteiger partial charge on any atom is 0.161 e. The SMILES string of the molecule is CC(=O)c1cccc(P(c2cccc(C)c2C)c2cccc(C(C)=O)c2C(C)=O)c1C(C)=O. The van der Waals surface area contributed by atoms with E-state index in [-0.39, 0.29) is 23.1 Å². The van der Waals surface area contributed by atoms with E-state index in [1.165, 1.54) is 27.7 Å². The van der Waals surface area contributed by atoms with Crippen LogP contribution in [0.25, 0.3) is 0 Å². The molecule has 3 rings (SSSR count). The minimum Gasteiger partial charge on any atom is -0.294 e. The fourth-order valence-electron chi connectivity index (χ4n) is 4.15. The van der Waals surface area contributed by atoms with Gasteiger partial charge >= 0.3 is 0 Å². The van der Waals surface area contributed by atoms with Crippen LogP contribution in [0.5, 0.6) is 0 Å². The number of rotatable bonds is 7. The largest absolute Gasteiger partial charge is 0.294 e. The summed E-state index contributed by atoms with van der Waals surface area (Å²) >= 11 is 0. The number of Topliss-reactive ketones (excluding diaryl/α,β-unsaturated/α-hetero) is 4. The average Bonchev–Trinajstić information content (AvgIpc) is 2.76. The molecular weight excluding hydrogens is 431 g/mol. The molecule has 3 aromatic carbocycles. The first-order valence-electron chi connectivity index (χ1n) is 10.7. The lowest BCUT2D eigenvalue weighted by Gasteiger charge is -2.27. The second kappa shape index (κ2) is 9.72. The molecule has 0 fully saturated rings. The van der Waals surface area contributed by atoms with Gasteiger partial charge in [0.05, 0.1) is 0 Å². The Balaban J connectivity index is 2.53. The van der Waals surface area contributed by atoms with Crippen molar-refractivity contribution in [2.75, 3.05) is 0 Å². The summed E-state index contributed by atoms with van der Waals surface area (Å²) in [5, 5.41) is 2.40. The summed E-state index contributed by atoms with van der Waals surface area (Å²) in [7, 11) is -1.42. The van der Waals surface area contributed by atoms with Gasteiger partial charge in [0.15, 0.2) is 23.1 Å². The monoisotopic (exact) mass is 458 g/mol. The Labute approximate surface area is 195 Å². The summed E-state index contributed by atoms with van der Waals surface area (Å²) in [6.07, 6.45) is 0. The van der Waals surface area contributed by atoms with Crippen LogP contribution >= 0.6 is 7.92 Å². The van der Waals surface area contributed by atoms with Crippen LogP contribution in [0.3, 0.4) is 0 Å². The van der Waals surface area contributed by atoms with Crippen LogP contribution in [0.15, 0.2) is 54.6 Å². The van der Waals surface area contributed by atoms with Gasteiger partial charge in [-0.3, -0.25) is 19.2 Å². The quantitative estimate of drug-likeness (QED) is 0.374. The van der Waals surface area contributed by atoms with Crippen molar-refractivity contribution in [2.24, 2.45) is 0 Å². The lowest BCUT2D eigenvalue weighted by molar-refractivity contribution is 0.0981. The second-order valence-corrected chi connectivity index (χ2v) is 10.3. The Kier molecular flexibility index (Phi) is 7.19. The first-order chi connectivity index (χ1) is 15.6. The van der Waals surface area contributed by atoms with Crippen LogP contribution in [-0.2, 0) is 0 Å². The molecule has 0 heterocycles. The Morgan fingerprint density at radius 2 is 0.939 bits per heavy atom. The number of carbonyl (C=O) groups excluding carboxylic acids is 4. The van der Waals surface area contributed by atoms with Gasteiger partial charge in [0.2, 0.25) is 0 Å². The average molecular weight is 458 g/mol. The topological polar surface area (TPSA) is 68.3 Å². The zero-order valence-electron chi connectivity index (χ0n) is 19.8. The highest BCUT2D eigenvalue weighted by molar-refractivity contribution is 7.80. The van der Waals surface area contributed by atoms with E-state index in [9.17, 15) is 19.2 Å². The van der Waals surface area contributed by atoms with Gasteiger partial charge in [-0.05, 0) is 76.5 Å². The molecular formula is C28H27O4P. The third-order valence-electron chi connectivity index (χ3n) is 5.85. The van der Waals surface area contributed by atoms with Crippen LogP contribution in [0, 0.1) is 13.8 Å². The minimum atomic E-state index is -1.42. The van der Waals surface area contributed by atoms with Crippen molar-refractivity contribution < 1.29 is 19.2 Å². The second-order valence-electron chi connectivity index (χ2n) is 8.18. The lowest BCUT2D eigenvalue weighted by atomic mass is 10.0. The van der Waals surface area contributed by atoms with Crippen LogP contribution in [0.1, 0.15) is 80.3 Å². The van der Waals surface area contributed by atoms with E-state index >= 15 is 0 Å². The van der Waals surface area contributed by atoms with Gasteiger partial charge in [-0.2, -0.15) is 0 Å². The van der Waals surface area contributed by atoms with Crippen molar-refractivity contribution in [1.29, 1.82) is 0 Å². The number of ketones is 4. The highest BCUT2D eigenvalue weighted by atomic mass is 31.1. The molecule has 0 saturated heterocycles. The number of benzene rings is 3. The van der Waals surface area contributed by atoms with E-state index in [0.29, 0.717) is 32.9 Å². The van der Waals surface area contributed by atoms with Crippen molar-refractivity contribution in [2.45, 2.75) is 41.5 Å².